The van der Waals surface area contributed by atoms with Crippen LogP contribution in [0.15, 0.2) is 12.3 Å². The monoisotopic (exact) mass is 167 g/mol. The lowest BCUT2D eigenvalue weighted by Crippen LogP contribution is -2.37. The van der Waals surface area contributed by atoms with Gasteiger partial charge < -0.3 is 9.55 Å². The van der Waals surface area contributed by atoms with Crippen molar-refractivity contribution in [3.8, 4) is 0 Å². The van der Waals surface area contributed by atoms with Gasteiger partial charge in [-0.3, -0.25) is 0 Å². The molecule has 3 heteroatoms. The van der Waals surface area contributed by atoms with Gasteiger partial charge in [-0.05, 0) is 19.4 Å². The van der Waals surface area contributed by atoms with E-state index >= 15 is 0 Å². The Morgan fingerprint density at radius 3 is 3.00 bits per heavy atom. The molecule has 0 N–H and O–H groups in total. The van der Waals surface area contributed by atoms with Gasteiger partial charge in [0, 0.05) is 12.5 Å². The van der Waals surface area contributed by atoms with Crippen LogP contribution in [-0.2, 0) is 4.74 Å². The predicted octanol–water partition coefficient (Wildman–Crippen LogP) is 0.939. The van der Waals surface area contributed by atoms with Crippen LogP contribution in [0.25, 0.3) is 0 Å². The second-order valence-corrected chi connectivity index (χ2v) is 3.58. The Kier molecular flexibility index (Phi) is 3.66. The second kappa shape index (κ2) is 4.56. The highest BCUT2D eigenvalue weighted by Gasteiger charge is 2.18. The number of piperidine rings is 1. The van der Waals surface area contributed by atoms with Crippen molar-refractivity contribution in [3.05, 3.63) is 12.3 Å². The number of hydrogen-bond donors (Lipinski definition) is 0. The van der Waals surface area contributed by atoms with E-state index in [9.17, 15) is 0 Å². The zero-order valence-electron chi connectivity index (χ0n) is 8.18. The Morgan fingerprint density at radius 2 is 2.42 bits per heavy atom. The van der Waals surface area contributed by atoms with Crippen molar-refractivity contribution in [2.75, 3.05) is 13.7 Å². The van der Waals surface area contributed by atoms with Gasteiger partial charge in [-0.1, -0.05) is 13.0 Å². The maximum absolute atomic E-state index is 5.08. The minimum atomic E-state index is 0.659. The molecule has 0 aromatic rings. The first-order chi connectivity index (χ1) is 5.74. The van der Waals surface area contributed by atoms with Gasteiger partial charge >= 0.3 is 0 Å². The summed E-state index contributed by atoms with van der Waals surface area (Å²) < 4.78 is 5.08. The molecular weight excluding hydrogens is 149 g/mol. The van der Waals surface area contributed by atoms with Gasteiger partial charge in [0.15, 0.2) is 7.98 Å². The van der Waals surface area contributed by atoms with Gasteiger partial charge in [0.2, 0.25) is 0 Å². The van der Waals surface area contributed by atoms with Crippen LogP contribution in [0.5, 0.6) is 0 Å². The molecule has 0 bridgehead atoms. The Balaban J connectivity index is 2.33. The van der Waals surface area contributed by atoms with Crippen LogP contribution >= 0.6 is 0 Å². The maximum Gasteiger partial charge on any atom is 0.185 e. The summed E-state index contributed by atoms with van der Waals surface area (Å²) in [6.07, 6.45) is 4.98. The largest absolute Gasteiger partial charge is 0.502 e. The van der Waals surface area contributed by atoms with Crippen molar-refractivity contribution in [1.82, 2.24) is 4.81 Å². The summed E-state index contributed by atoms with van der Waals surface area (Å²) in [5.41, 5.74) is 0. The smallest absolute Gasteiger partial charge is 0.185 e. The Bertz CT molecular complexity index is 161. The lowest BCUT2D eigenvalue weighted by atomic mass is 9.95. The first kappa shape index (κ1) is 9.65. The molecule has 0 saturated carbocycles. The van der Waals surface area contributed by atoms with Crippen molar-refractivity contribution < 1.29 is 4.74 Å². The summed E-state index contributed by atoms with van der Waals surface area (Å²) >= 11 is 0. The second-order valence-electron chi connectivity index (χ2n) is 3.58. The summed E-state index contributed by atoms with van der Waals surface area (Å²) in [7, 11) is 3.89. The third kappa shape index (κ3) is 2.56. The Labute approximate surface area is 76.0 Å². The molecule has 1 saturated heterocycles. The van der Waals surface area contributed by atoms with Crippen LogP contribution in [0.1, 0.15) is 25.7 Å². The highest BCUT2D eigenvalue weighted by Crippen LogP contribution is 2.20. The van der Waals surface area contributed by atoms with E-state index < -0.39 is 0 Å². The summed E-state index contributed by atoms with van der Waals surface area (Å²) in [6, 6.07) is 0.659. The third-order valence-electron chi connectivity index (χ3n) is 2.67. The molecule has 0 radical (unpaired) electrons. The van der Waals surface area contributed by atoms with E-state index in [1.807, 2.05) is 0 Å². The van der Waals surface area contributed by atoms with Crippen LogP contribution in [-0.4, -0.2) is 32.5 Å². The zero-order valence-corrected chi connectivity index (χ0v) is 8.18. The van der Waals surface area contributed by atoms with Crippen LogP contribution in [0, 0.1) is 0 Å². The zero-order chi connectivity index (χ0) is 8.97. The molecule has 0 aliphatic carbocycles. The average molecular weight is 167 g/mol. The number of methoxy groups -OCH3 is 1. The Hall–Kier alpha value is -0.435. The molecule has 0 spiro atoms. The predicted molar refractivity (Wildman–Crippen MR) is 53.7 cm³/mol. The highest BCUT2D eigenvalue weighted by atomic mass is 16.5. The number of nitrogens with zero attached hydrogens (tertiary/aromatic N) is 1. The molecule has 0 aromatic heterocycles. The molecule has 0 amide bonds. The lowest BCUT2D eigenvalue weighted by Gasteiger charge is -2.33. The van der Waals surface area contributed by atoms with Crippen molar-refractivity contribution in [2.24, 2.45) is 0 Å². The van der Waals surface area contributed by atoms with E-state index in [0.717, 1.165) is 12.2 Å². The molecule has 0 aromatic carbocycles. The molecule has 68 valence electrons. The fraction of sp³-hybridized carbons (Fsp3) is 0.778. The van der Waals surface area contributed by atoms with Gasteiger partial charge in [0.05, 0.1) is 12.9 Å². The van der Waals surface area contributed by atoms with Gasteiger partial charge in [-0.15, -0.1) is 0 Å². The van der Waals surface area contributed by atoms with Crippen LogP contribution in [0.2, 0.25) is 0 Å². The molecule has 12 heavy (non-hydrogen) atoms. The van der Waals surface area contributed by atoms with Crippen molar-refractivity contribution >= 4 is 7.98 Å². The van der Waals surface area contributed by atoms with Crippen LogP contribution in [0.4, 0.5) is 0 Å². The highest BCUT2D eigenvalue weighted by molar-refractivity contribution is 6.04. The van der Waals surface area contributed by atoms with Crippen molar-refractivity contribution in [3.63, 3.8) is 0 Å². The number of rotatable bonds is 3. The van der Waals surface area contributed by atoms with E-state index in [0.29, 0.717) is 6.04 Å². The summed E-state index contributed by atoms with van der Waals surface area (Å²) in [4.78, 5) is 2.41. The van der Waals surface area contributed by atoms with Gasteiger partial charge in [-0.25, -0.2) is 0 Å². The first-order valence-electron chi connectivity index (χ1n) is 4.66. The average Bonchev–Trinajstić information content (AvgIpc) is 2.09. The van der Waals surface area contributed by atoms with Gasteiger partial charge in [0.1, 0.15) is 0 Å². The quantitative estimate of drug-likeness (QED) is 0.458. The topological polar surface area (TPSA) is 12.5 Å². The van der Waals surface area contributed by atoms with E-state index in [2.05, 4.69) is 19.4 Å². The van der Waals surface area contributed by atoms with E-state index in [1.54, 1.807) is 7.11 Å². The Morgan fingerprint density at radius 1 is 1.67 bits per heavy atom. The minimum absolute atomic E-state index is 0.659. The normalized spacial score (nSPS) is 25.2. The first-order valence-corrected chi connectivity index (χ1v) is 4.66. The summed E-state index contributed by atoms with van der Waals surface area (Å²) in [6.45, 7) is 5.08. The summed E-state index contributed by atoms with van der Waals surface area (Å²) in [5, 5.41) is 0. The molecule has 0 unspecified atom stereocenters. The molecule has 1 atom stereocenters. The molecule has 2 nitrogen and oxygen atoms in total. The lowest BCUT2D eigenvalue weighted by molar-refractivity contribution is 0.211. The summed E-state index contributed by atoms with van der Waals surface area (Å²) in [5.74, 6) is 0.911. The SMILES string of the molecule is BN1CCCC[C@H]1CC(=C)OC. The van der Waals surface area contributed by atoms with Crippen molar-refractivity contribution in [1.29, 1.82) is 0 Å². The molecule has 1 aliphatic heterocycles. The molecule has 1 aliphatic rings. The maximum atomic E-state index is 5.08. The van der Waals surface area contributed by atoms with Crippen LogP contribution < -0.4 is 0 Å². The molecule has 1 heterocycles. The minimum Gasteiger partial charge on any atom is -0.502 e. The van der Waals surface area contributed by atoms with Crippen LogP contribution in [0.3, 0.4) is 0 Å². The third-order valence-corrected chi connectivity index (χ3v) is 2.67. The fourth-order valence-corrected chi connectivity index (χ4v) is 1.75. The van der Waals surface area contributed by atoms with E-state index in [4.69, 9.17) is 4.74 Å². The van der Waals surface area contributed by atoms with E-state index in [-0.39, 0.29) is 0 Å². The molecular formula is C9H18BNO. The standard InChI is InChI=1S/C9H18BNO/c1-8(12-2)7-9-5-3-4-6-11(9)10/h9H,1,3-7,10H2,2H3/t9-/m0/s1. The van der Waals surface area contributed by atoms with Gasteiger partial charge in [-0.2, -0.15) is 0 Å². The van der Waals surface area contributed by atoms with E-state index in [1.165, 1.54) is 25.8 Å². The molecule has 1 fully saturated rings. The fourth-order valence-electron chi connectivity index (χ4n) is 1.75. The number of hydrogen-bond acceptors (Lipinski definition) is 2. The number of ether oxygens (including phenoxy) is 1. The van der Waals surface area contributed by atoms with Crippen molar-refractivity contribution in [2.45, 2.75) is 31.7 Å². The van der Waals surface area contributed by atoms with Gasteiger partial charge in [0.25, 0.3) is 0 Å². The molecule has 1 rings (SSSR count).